The molecule has 4 aromatic carbocycles. The van der Waals surface area contributed by atoms with E-state index in [1.165, 1.54) is 0 Å². The number of ether oxygens (including phenoxy) is 1. The Balaban J connectivity index is 1.40. The topological polar surface area (TPSA) is 84.5 Å². The van der Waals surface area contributed by atoms with E-state index in [2.05, 4.69) is 10.0 Å². The molecule has 34 heavy (non-hydrogen) atoms. The molecule has 0 bridgehead atoms. The van der Waals surface area contributed by atoms with Crippen molar-refractivity contribution in [3.63, 3.8) is 0 Å². The lowest BCUT2D eigenvalue weighted by Gasteiger charge is -2.09. The fraction of sp³-hybridized carbons (Fsp3) is 0.0741. The molecular weight excluding hydrogens is 448 g/mol. The molecule has 0 aliphatic carbocycles. The lowest BCUT2D eigenvalue weighted by Crippen LogP contribution is -2.23. The third-order valence-corrected chi connectivity index (χ3v) is 6.72. The van der Waals surface area contributed by atoms with Crippen LogP contribution < -0.4 is 14.8 Å². The molecule has 4 aromatic rings. The Hall–Kier alpha value is -3.94. The number of methoxy groups -OCH3 is 1. The Morgan fingerprint density at radius 2 is 1.35 bits per heavy atom. The molecule has 1 amide bonds. The minimum Gasteiger partial charge on any atom is -0.497 e. The molecule has 0 spiro atoms. The molecule has 172 valence electrons. The van der Waals surface area contributed by atoms with Crippen LogP contribution in [0.15, 0.2) is 108 Å². The minimum absolute atomic E-state index is 0.197. The second-order valence-electron chi connectivity index (χ2n) is 7.59. The summed E-state index contributed by atoms with van der Waals surface area (Å²) in [5, 5.41) is 2.85. The monoisotopic (exact) mass is 472 g/mol. The number of hydrogen-bond donors (Lipinski definition) is 2. The van der Waals surface area contributed by atoms with Crippen molar-refractivity contribution in [2.45, 2.75) is 11.4 Å². The zero-order valence-electron chi connectivity index (χ0n) is 18.6. The molecule has 0 heterocycles. The van der Waals surface area contributed by atoms with Crippen molar-refractivity contribution in [2.75, 3.05) is 12.4 Å². The number of anilines is 1. The van der Waals surface area contributed by atoms with Gasteiger partial charge in [-0.2, -0.15) is 0 Å². The van der Waals surface area contributed by atoms with Gasteiger partial charge in [-0.15, -0.1) is 0 Å². The Labute approximate surface area is 199 Å². The van der Waals surface area contributed by atoms with Crippen LogP contribution in [-0.2, 0) is 16.6 Å². The maximum atomic E-state index is 12.6. The first-order valence-corrected chi connectivity index (χ1v) is 12.1. The Morgan fingerprint density at radius 1 is 0.765 bits per heavy atom. The Kier molecular flexibility index (Phi) is 7.06. The average molecular weight is 473 g/mol. The molecule has 0 saturated heterocycles. The number of hydrogen-bond acceptors (Lipinski definition) is 4. The molecule has 0 aliphatic rings. The first kappa shape index (κ1) is 23.2. The van der Waals surface area contributed by atoms with Crippen LogP contribution in [0.2, 0.25) is 0 Å². The van der Waals surface area contributed by atoms with Crippen LogP contribution in [0.5, 0.6) is 5.75 Å². The third kappa shape index (κ3) is 5.70. The van der Waals surface area contributed by atoms with Gasteiger partial charge in [0.05, 0.1) is 12.0 Å². The molecule has 0 fully saturated rings. The summed E-state index contributed by atoms with van der Waals surface area (Å²) in [4.78, 5) is 12.7. The van der Waals surface area contributed by atoms with Crippen LogP contribution in [0, 0.1) is 0 Å². The molecule has 7 heteroatoms. The summed E-state index contributed by atoms with van der Waals surface area (Å²) in [6.07, 6.45) is 0. The van der Waals surface area contributed by atoms with Gasteiger partial charge in [0.1, 0.15) is 5.75 Å². The highest BCUT2D eigenvalue weighted by atomic mass is 32.2. The number of carbonyl (C=O) groups is 1. The van der Waals surface area contributed by atoms with Crippen LogP contribution in [0.4, 0.5) is 5.69 Å². The lowest BCUT2D eigenvalue weighted by molar-refractivity contribution is 0.102. The number of rotatable bonds is 8. The van der Waals surface area contributed by atoms with Crippen molar-refractivity contribution < 1.29 is 17.9 Å². The molecule has 4 rings (SSSR count). The first-order valence-electron chi connectivity index (χ1n) is 10.6. The SMILES string of the molecule is COc1ccc(NC(=O)c2ccc(-c3ccc(S(=O)(=O)NCc4ccccc4)cc3)cc2)cc1. The Morgan fingerprint density at radius 3 is 1.94 bits per heavy atom. The van der Waals surface area contributed by atoms with Crippen molar-refractivity contribution in [3.8, 4) is 16.9 Å². The van der Waals surface area contributed by atoms with Crippen molar-refractivity contribution in [2.24, 2.45) is 0 Å². The predicted octanol–water partition coefficient (Wildman–Crippen LogP) is 5.09. The summed E-state index contributed by atoms with van der Waals surface area (Å²) >= 11 is 0. The average Bonchev–Trinajstić information content (AvgIpc) is 2.89. The molecule has 6 nitrogen and oxygen atoms in total. The van der Waals surface area contributed by atoms with Crippen LogP contribution in [-0.4, -0.2) is 21.4 Å². The molecule has 0 saturated carbocycles. The normalized spacial score (nSPS) is 11.1. The number of carbonyl (C=O) groups excluding carboxylic acids is 1. The molecule has 0 atom stereocenters. The molecule has 0 radical (unpaired) electrons. The summed E-state index contributed by atoms with van der Waals surface area (Å²) in [6, 6.07) is 30.3. The van der Waals surface area contributed by atoms with E-state index in [1.807, 2.05) is 42.5 Å². The maximum Gasteiger partial charge on any atom is 0.255 e. The number of sulfonamides is 1. The minimum atomic E-state index is -3.62. The van der Waals surface area contributed by atoms with Crippen molar-refractivity contribution >= 4 is 21.6 Å². The van der Waals surface area contributed by atoms with E-state index >= 15 is 0 Å². The Bertz CT molecular complexity index is 1350. The zero-order chi connectivity index (χ0) is 24.0. The molecule has 0 aromatic heterocycles. The number of amides is 1. The smallest absolute Gasteiger partial charge is 0.255 e. The fourth-order valence-electron chi connectivity index (χ4n) is 3.38. The highest BCUT2D eigenvalue weighted by Gasteiger charge is 2.14. The van der Waals surface area contributed by atoms with Gasteiger partial charge >= 0.3 is 0 Å². The van der Waals surface area contributed by atoms with Crippen LogP contribution in [0.3, 0.4) is 0 Å². The zero-order valence-corrected chi connectivity index (χ0v) is 19.4. The van der Waals surface area contributed by atoms with Crippen molar-refractivity contribution in [1.82, 2.24) is 4.72 Å². The highest BCUT2D eigenvalue weighted by molar-refractivity contribution is 7.89. The van der Waals surface area contributed by atoms with E-state index < -0.39 is 10.0 Å². The molecular formula is C27H24N2O4S. The summed E-state index contributed by atoms with van der Waals surface area (Å²) in [5.74, 6) is 0.496. The van der Waals surface area contributed by atoms with Gasteiger partial charge in [-0.25, -0.2) is 13.1 Å². The van der Waals surface area contributed by atoms with Gasteiger partial charge in [-0.05, 0) is 65.2 Å². The number of benzene rings is 4. The second-order valence-corrected chi connectivity index (χ2v) is 9.36. The van der Waals surface area contributed by atoms with Crippen molar-refractivity contribution in [3.05, 3.63) is 114 Å². The van der Waals surface area contributed by atoms with Gasteiger partial charge in [0, 0.05) is 17.8 Å². The van der Waals surface area contributed by atoms with Gasteiger partial charge in [-0.1, -0.05) is 54.6 Å². The van der Waals surface area contributed by atoms with Gasteiger partial charge in [0.2, 0.25) is 10.0 Å². The quantitative estimate of drug-likeness (QED) is 0.374. The van der Waals surface area contributed by atoms with E-state index in [0.29, 0.717) is 17.0 Å². The summed E-state index contributed by atoms with van der Waals surface area (Å²) in [5.41, 5.74) is 3.81. The van der Waals surface area contributed by atoms with Gasteiger partial charge in [0.15, 0.2) is 0 Å². The summed E-state index contributed by atoms with van der Waals surface area (Å²) in [7, 11) is -2.03. The van der Waals surface area contributed by atoms with Crippen molar-refractivity contribution in [1.29, 1.82) is 0 Å². The van der Waals surface area contributed by atoms with Crippen LogP contribution >= 0.6 is 0 Å². The van der Waals surface area contributed by atoms with E-state index in [9.17, 15) is 13.2 Å². The summed E-state index contributed by atoms with van der Waals surface area (Å²) in [6.45, 7) is 0.227. The van der Waals surface area contributed by atoms with E-state index in [4.69, 9.17) is 4.74 Å². The lowest BCUT2D eigenvalue weighted by atomic mass is 10.0. The second kappa shape index (κ2) is 10.3. The van der Waals surface area contributed by atoms with Gasteiger partial charge in [-0.3, -0.25) is 4.79 Å². The highest BCUT2D eigenvalue weighted by Crippen LogP contribution is 2.23. The van der Waals surface area contributed by atoms with Gasteiger partial charge in [0.25, 0.3) is 5.91 Å². The maximum absolute atomic E-state index is 12.6. The predicted molar refractivity (Wildman–Crippen MR) is 133 cm³/mol. The van der Waals surface area contributed by atoms with Crippen LogP contribution in [0.1, 0.15) is 15.9 Å². The summed E-state index contributed by atoms with van der Waals surface area (Å²) < 4.78 is 32.9. The van der Waals surface area contributed by atoms with E-state index in [-0.39, 0.29) is 17.3 Å². The van der Waals surface area contributed by atoms with Crippen LogP contribution in [0.25, 0.3) is 11.1 Å². The fourth-order valence-corrected chi connectivity index (χ4v) is 4.39. The first-order chi connectivity index (χ1) is 16.4. The third-order valence-electron chi connectivity index (χ3n) is 5.30. The number of nitrogens with one attached hydrogen (secondary N) is 2. The van der Waals surface area contributed by atoms with E-state index in [0.717, 1.165) is 16.7 Å². The van der Waals surface area contributed by atoms with E-state index in [1.54, 1.807) is 67.8 Å². The molecule has 2 N–H and O–H groups in total. The molecule has 0 aliphatic heterocycles. The van der Waals surface area contributed by atoms with Gasteiger partial charge < -0.3 is 10.1 Å². The largest absolute Gasteiger partial charge is 0.497 e. The standard InChI is InChI=1S/C27H24N2O4S/c1-33-25-15-13-24(14-16-25)29-27(30)23-9-7-21(8-10-23)22-11-17-26(18-12-22)34(31,32)28-19-20-5-3-2-4-6-20/h2-18,28H,19H2,1H3,(H,29,30). The molecule has 0 unspecified atom stereocenters.